The molecule has 0 unspecified atom stereocenters. The molecule has 1 heterocycles. The number of hydrogen-bond acceptors (Lipinski definition) is 2. The molecule has 0 bridgehead atoms. The zero-order valence-electron chi connectivity index (χ0n) is 13.8. The Labute approximate surface area is 128 Å². The lowest BCUT2D eigenvalue weighted by Gasteiger charge is -2.16. The van der Waals surface area contributed by atoms with Gasteiger partial charge in [0.1, 0.15) is 5.76 Å². The van der Waals surface area contributed by atoms with Crippen LogP contribution in [0.2, 0.25) is 0 Å². The van der Waals surface area contributed by atoms with Gasteiger partial charge in [0.2, 0.25) is 0 Å². The molecule has 2 aromatic rings. The quantitative estimate of drug-likeness (QED) is 0.794. The summed E-state index contributed by atoms with van der Waals surface area (Å²) < 4.78 is 5.71. The molecule has 1 aromatic heterocycles. The summed E-state index contributed by atoms with van der Waals surface area (Å²) in [6.07, 6.45) is 5.02. The van der Waals surface area contributed by atoms with E-state index in [1.54, 1.807) is 0 Å². The third kappa shape index (κ3) is 3.38. The Kier molecular flexibility index (Phi) is 5.63. The molecule has 2 rings (SSSR count). The molecule has 0 aliphatic heterocycles. The van der Waals surface area contributed by atoms with E-state index in [0.29, 0.717) is 0 Å². The molecular formula is C19H27NO. The van der Waals surface area contributed by atoms with Crippen LogP contribution in [0.25, 0.3) is 11.1 Å². The number of benzene rings is 1. The second kappa shape index (κ2) is 7.46. The molecule has 0 saturated heterocycles. The molecule has 114 valence electrons. The predicted octanol–water partition coefficient (Wildman–Crippen LogP) is 4.74. The minimum Gasteiger partial charge on any atom is -0.467 e. The fraction of sp³-hybridized carbons (Fsp3) is 0.474. The number of rotatable bonds is 7. The van der Waals surface area contributed by atoms with Crippen LogP contribution in [0.3, 0.4) is 0 Å². The molecule has 1 aromatic carbocycles. The van der Waals surface area contributed by atoms with E-state index in [2.05, 4.69) is 51.2 Å². The largest absolute Gasteiger partial charge is 0.467 e. The Morgan fingerprint density at radius 2 is 1.62 bits per heavy atom. The molecule has 0 radical (unpaired) electrons. The first-order valence-corrected chi connectivity index (χ1v) is 8.17. The van der Waals surface area contributed by atoms with E-state index >= 15 is 0 Å². The third-order valence-electron chi connectivity index (χ3n) is 4.08. The number of furan rings is 1. The van der Waals surface area contributed by atoms with Gasteiger partial charge < -0.3 is 9.73 Å². The molecule has 0 atom stereocenters. The van der Waals surface area contributed by atoms with Gasteiger partial charge in [-0.1, -0.05) is 39.8 Å². The van der Waals surface area contributed by atoms with Crippen LogP contribution in [0.4, 0.5) is 0 Å². The molecule has 0 fully saturated rings. The first kappa shape index (κ1) is 15.8. The highest BCUT2D eigenvalue weighted by Crippen LogP contribution is 2.33. The van der Waals surface area contributed by atoms with Crippen LogP contribution in [0.1, 0.15) is 50.1 Å². The van der Waals surface area contributed by atoms with E-state index in [0.717, 1.165) is 38.1 Å². The average Bonchev–Trinajstić information content (AvgIpc) is 2.99. The maximum Gasteiger partial charge on any atom is 0.125 e. The minimum absolute atomic E-state index is 0.792. The van der Waals surface area contributed by atoms with Crippen LogP contribution in [0.15, 0.2) is 28.9 Å². The smallest absolute Gasteiger partial charge is 0.125 e. The van der Waals surface area contributed by atoms with Crippen LogP contribution in [-0.4, -0.2) is 6.54 Å². The van der Waals surface area contributed by atoms with Crippen LogP contribution in [0.5, 0.6) is 0 Å². The maximum atomic E-state index is 5.71. The zero-order valence-corrected chi connectivity index (χ0v) is 13.8. The first-order chi connectivity index (χ1) is 10.2. The van der Waals surface area contributed by atoms with Gasteiger partial charge >= 0.3 is 0 Å². The summed E-state index contributed by atoms with van der Waals surface area (Å²) in [4.78, 5) is 0. The molecule has 0 aliphatic rings. The summed E-state index contributed by atoms with van der Waals surface area (Å²) in [5.74, 6) is 1.05. The lowest BCUT2D eigenvalue weighted by atomic mass is 9.89. The van der Waals surface area contributed by atoms with Gasteiger partial charge in [-0.2, -0.15) is 0 Å². The third-order valence-corrected chi connectivity index (χ3v) is 4.08. The van der Waals surface area contributed by atoms with Crippen molar-refractivity contribution in [2.45, 2.75) is 53.5 Å². The standard InChI is InChI=1S/C19H27NO/c1-5-14-11-15(6-2)19(16(7-3)12-14)17-9-10-21-18(17)13-20-8-4/h9-12,20H,5-8,13H2,1-4H3. The summed E-state index contributed by atoms with van der Waals surface area (Å²) in [5, 5.41) is 3.36. The Morgan fingerprint density at radius 3 is 2.14 bits per heavy atom. The second-order valence-corrected chi connectivity index (χ2v) is 5.39. The highest BCUT2D eigenvalue weighted by Gasteiger charge is 2.16. The summed E-state index contributed by atoms with van der Waals surface area (Å²) in [6.45, 7) is 10.6. The molecule has 2 heteroatoms. The van der Waals surface area contributed by atoms with Crippen LogP contribution in [-0.2, 0) is 25.8 Å². The van der Waals surface area contributed by atoms with Crippen molar-refractivity contribution in [1.82, 2.24) is 5.32 Å². The molecule has 0 saturated carbocycles. The van der Waals surface area contributed by atoms with Gasteiger partial charge in [-0.05, 0) is 54.1 Å². The average molecular weight is 285 g/mol. The lowest BCUT2D eigenvalue weighted by molar-refractivity contribution is 0.489. The van der Waals surface area contributed by atoms with Gasteiger partial charge in [0.05, 0.1) is 12.8 Å². The van der Waals surface area contributed by atoms with Gasteiger partial charge in [-0.15, -0.1) is 0 Å². The van der Waals surface area contributed by atoms with E-state index in [-0.39, 0.29) is 0 Å². The normalized spacial score (nSPS) is 11.0. The zero-order chi connectivity index (χ0) is 15.2. The van der Waals surface area contributed by atoms with Crippen molar-refractivity contribution in [3.8, 4) is 11.1 Å². The van der Waals surface area contributed by atoms with Crippen molar-refractivity contribution >= 4 is 0 Å². The molecule has 0 aliphatic carbocycles. The predicted molar refractivity (Wildman–Crippen MR) is 89.7 cm³/mol. The SMILES string of the molecule is CCNCc1occc1-c1c(CC)cc(CC)cc1CC. The lowest BCUT2D eigenvalue weighted by Crippen LogP contribution is -2.12. The Bertz CT molecular complexity index is 558. The summed E-state index contributed by atoms with van der Waals surface area (Å²) in [5.41, 5.74) is 6.95. The first-order valence-electron chi connectivity index (χ1n) is 8.17. The van der Waals surface area contributed by atoms with Crippen molar-refractivity contribution in [3.63, 3.8) is 0 Å². The second-order valence-electron chi connectivity index (χ2n) is 5.39. The van der Waals surface area contributed by atoms with Gasteiger partial charge in [0.25, 0.3) is 0 Å². The van der Waals surface area contributed by atoms with E-state index in [9.17, 15) is 0 Å². The van der Waals surface area contributed by atoms with Crippen molar-refractivity contribution in [3.05, 3.63) is 46.9 Å². The topological polar surface area (TPSA) is 25.2 Å². The molecule has 2 nitrogen and oxygen atoms in total. The molecular weight excluding hydrogens is 258 g/mol. The van der Waals surface area contributed by atoms with E-state index in [1.165, 1.54) is 27.8 Å². The van der Waals surface area contributed by atoms with Gasteiger partial charge in [-0.3, -0.25) is 0 Å². The summed E-state index contributed by atoms with van der Waals surface area (Å²) in [6, 6.07) is 6.84. The van der Waals surface area contributed by atoms with E-state index in [4.69, 9.17) is 4.42 Å². The van der Waals surface area contributed by atoms with Crippen LogP contribution >= 0.6 is 0 Å². The van der Waals surface area contributed by atoms with Crippen molar-refractivity contribution < 1.29 is 4.42 Å². The number of nitrogens with one attached hydrogen (secondary N) is 1. The summed E-state index contributed by atoms with van der Waals surface area (Å²) >= 11 is 0. The highest BCUT2D eigenvalue weighted by molar-refractivity contribution is 5.73. The Morgan fingerprint density at radius 1 is 0.952 bits per heavy atom. The van der Waals surface area contributed by atoms with Crippen molar-refractivity contribution in [2.24, 2.45) is 0 Å². The van der Waals surface area contributed by atoms with Crippen LogP contribution < -0.4 is 5.32 Å². The molecule has 0 spiro atoms. The van der Waals surface area contributed by atoms with Crippen molar-refractivity contribution in [1.29, 1.82) is 0 Å². The number of aryl methyl sites for hydroxylation is 3. The number of hydrogen-bond donors (Lipinski definition) is 1. The Hall–Kier alpha value is -1.54. The van der Waals surface area contributed by atoms with Crippen LogP contribution in [0, 0.1) is 0 Å². The van der Waals surface area contributed by atoms with Gasteiger partial charge in [0.15, 0.2) is 0 Å². The molecule has 21 heavy (non-hydrogen) atoms. The van der Waals surface area contributed by atoms with E-state index < -0.39 is 0 Å². The maximum absolute atomic E-state index is 5.71. The molecule has 1 N–H and O–H groups in total. The summed E-state index contributed by atoms with van der Waals surface area (Å²) in [7, 11) is 0. The Balaban J connectivity index is 2.54. The molecule has 0 amide bonds. The van der Waals surface area contributed by atoms with Crippen molar-refractivity contribution in [2.75, 3.05) is 6.54 Å². The fourth-order valence-corrected chi connectivity index (χ4v) is 2.89. The highest BCUT2D eigenvalue weighted by atomic mass is 16.3. The van der Waals surface area contributed by atoms with Gasteiger partial charge in [0, 0.05) is 5.56 Å². The monoisotopic (exact) mass is 285 g/mol. The van der Waals surface area contributed by atoms with Gasteiger partial charge in [-0.25, -0.2) is 0 Å². The van der Waals surface area contributed by atoms with E-state index in [1.807, 2.05) is 6.26 Å². The fourth-order valence-electron chi connectivity index (χ4n) is 2.89. The minimum atomic E-state index is 0.792.